The summed E-state index contributed by atoms with van der Waals surface area (Å²) in [4.78, 5) is 18.2. The summed E-state index contributed by atoms with van der Waals surface area (Å²) < 4.78 is 7.60. The molecule has 5 heteroatoms. The van der Waals surface area contributed by atoms with Gasteiger partial charge >= 0.3 is 0 Å². The van der Waals surface area contributed by atoms with E-state index in [4.69, 9.17) is 4.74 Å². The molecule has 1 saturated heterocycles. The van der Waals surface area contributed by atoms with E-state index in [-0.39, 0.29) is 12.0 Å². The van der Waals surface area contributed by atoms with Crippen molar-refractivity contribution in [3.05, 3.63) is 18.2 Å². The highest BCUT2D eigenvalue weighted by molar-refractivity contribution is 5.91. The molecule has 0 aromatic carbocycles. The lowest BCUT2D eigenvalue weighted by atomic mass is 10.3. The molecule has 0 spiro atoms. The van der Waals surface area contributed by atoms with Gasteiger partial charge in [0.1, 0.15) is 0 Å². The van der Waals surface area contributed by atoms with Crippen molar-refractivity contribution in [3.63, 3.8) is 0 Å². The largest absolute Gasteiger partial charge is 0.376 e. The molecule has 0 N–H and O–H groups in total. The molecular weight excluding hydrogens is 230 g/mol. The lowest BCUT2D eigenvalue weighted by Gasteiger charge is -2.16. The summed E-state index contributed by atoms with van der Waals surface area (Å²) in [5.74, 6) is 1.31. The lowest BCUT2D eigenvalue weighted by Crippen LogP contribution is -2.32. The van der Waals surface area contributed by atoms with Gasteiger partial charge in [-0.3, -0.25) is 4.79 Å². The fourth-order valence-corrected chi connectivity index (χ4v) is 2.32. The normalized spacial score (nSPS) is 23.6. The molecule has 2 fully saturated rings. The molecule has 1 unspecified atom stereocenters. The number of imidazole rings is 1. The summed E-state index contributed by atoms with van der Waals surface area (Å²) >= 11 is 0. The predicted octanol–water partition coefficient (Wildman–Crippen LogP) is 1.06. The van der Waals surface area contributed by atoms with Crippen LogP contribution in [0.5, 0.6) is 0 Å². The van der Waals surface area contributed by atoms with Crippen LogP contribution in [0.15, 0.2) is 12.4 Å². The molecule has 1 aromatic heterocycles. The van der Waals surface area contributed by atoms with Crippen LogP contribution in [-0.4, -0.2) is 46.2 Å². The Bertz CT molecular complexity index is 439. The Labute approximate surface area is 107 Å². The minimum absolute atomic E-state index is 0.0139. The van der Waals surface area contributed by atoms with Crippen LogP contribution in [0.3, 0.4) is 0 Å². The van der Waals surface area contributed by atoms with Crippen LogP contribution in [0.25, 0.3) is 0 Å². The van der Waals surface area contributed by atoms with E-state index in [1.165, 1.54) is 12.8 Å². The number of carbonyl (C=O) groups is 1. The fraction of sp³-hybridized carbons (Fsp3) is 0.692. The zero-order valence-electron chi connectivity index (χ0n) is 10.7. The summed E-state index contributed by atoms with van der Waals surface area (Å²) in [6.45, 7) is 2.36. The molecule has 1 saturated carbocycles. The van der Waals surface area contributed by atoms with Gasteiger partial charge in [0.2, 0.25) is 0 Å². The van der Waals surface area contributed by atoms with Crippen LogP contribution in [0.4, 0.5) is 0 Å². The van der Waals surface area contributed by atoms with Crippen molar-refractivity contribution >= 4 is 5.91 Å². The third-order valence-electron chi connectivity index (χ3n) is 3.71. The maximum atomic E-state index is 12.2. The van der Waals surface area contributed by atoms with E-state index < -0.39 is 0 Å². The van der Waals surface area contributed by atoms with Gasteiger partial charge < -0.3 is 14.2 Å². The molecule has 0 radical (unpaired) electrons. The average molecular weight is 249 g/mol. The van der Waals surface area contributed by atoms with E-state index in [1.54, 1.807) is 17.0 Å². The van der Waals surface area contributed by atoms with Crippen LogP contribution in [0, 0.1) is 5.92 Å². The van der Waals surface area contributed by atoms with Crippen LogP contribution in [0.2, 0.25) is 0 Å². The van der Waals surface area contributed by atoms with Gasteiger partial charge in [-0.1, -0.05) is 0 Å². The van der Waals surface area contributed by atoms with Crippen LogP contribution < -0.4 is 0 Å². The van der Waals surface area contributed by atoms with Gasteiger partial charge in [-0.2, -0.15) is 0 Å². The highest BCUT2D eigenvalue weighted by Crippen LogP contribution is 2.30. The van der Waals surface area contributed by atoms with E-state index in [0.717, 1.165) is 25.5 Å². The SMILES string of the molecule is Cn1ccnc1C(=O)N1CCC(OCC2CC2)C1. The van der Waals surface area contributed by atoms with Crippen molar-refractivity contribution in [3.8, 4) is 0 Å². The summed E-state index contributed by atoms with van der Waals surface area (Å²) in [5, 5.41) is 0. The van der Waals surface area contributed by atoms with E-state index in [9.17, 15) is 4.79 Å². The highest BCUT2D eigenvalue weighted by atomic mass is 16.5. The summed E-state index contributed by atoms with van der Waals surface area (Å²) in [7, 11) is 1.84. The van der Waals surface area contributed by atoms with E-state index in [2.05, 4.69) is 4.98 Å². The molecule has 1 amide bonds. The standard InChI is InChI=1S/C13H19N3O2/c1-15-7-5-14-12(15)13(17)16-6-4-11(8-16)18-9-10-2-3-10/h5,7,10-11H,2-4,6,8-9H2,1H3. The monoisotopic (exact) mass is 249 g/mol. The van der Waals surface area contributed by atoms with Crippen LogP contribution in [-0.2, 0) is 11.8 Å². The topological polar surface area (TPSA) is 47.4 Å². The molecule has 18 heavy (non-hydrogen) atoms. The second-order valence-electron chi connectivity index (χ2n) is 5.30. The first-order chi connectivity index (χ1) is 8.74. The Balaban J connectivity index is 1.54. The third kappa shape index (κ3) is 2.41. The zero-order chi connectivity index (χ0) is 12.5. The minimum atomic E-state index is 0.0139. The Morgan fingerprint density at radius 3 is 3.00 bits per heavy atom. The number of aromatic nitrogens is 2. The van der Waals surface area contributed by atoms with Crippen molar-refractivity contribution in [1.29, 1.82) is 0 Å². The Morgan fingerprint density at radius 1 is 1.50 bits per heavy atom. The van der Waals surface area contributed by atoms with Gasteiger partial charge in [0.05, 0.1) is 6.10 Å². The quantitative estimate of drug-likeness (QED) is 0.801. The number of carbonyl (C=O) groups excluding carboxylic acids is 1. The Hall–Kier alpha value is -1.36. The summed E-state index contributed by atoms with van der Waals surface area (Å²) in [6.07, 6.45) is 7.23. The van der Waals surface area contributed by atoms with Gasteiger partial charge in [0.25, 0.3) is 5.91 Å². The van der Waals surface area contributed by atoms with Gasteiger partial charge in [-0.15, -0.1) is 0 Å². The van der Waals surface area contributed by atoms with Crippen molar-refractivity contribution in [2.75, 3.05) is 19.7 Å². The number of nitrogens with zero attached hydrogens (tertiary/aromatic N) is 3. The van der Waals surface area contributed by atoms with E-state index in [1.807, 2.05) is 11.9 Å². The number of rotatable bonds is 4. The molecule has 1 aliphatic carbocycles. The van der Waals surface area contributed by atoms with Crippen LogP contribution in [0.1, 0.15) is 29.9 Å². The number of hydrogen-bond acceptors (Lipinski definition) is 3. The molecule has 5 nitrogen and oxygen atoms in total. The van der Waals surface area contributed by atoms with Crippen molar-refractivity contribution in [2.45, 2.75) is 25.4 Å². The highest BCUT2D eigenvalue weighted by Gasteiger charge is 2.31. The number of hydrogen-bond donors (Lipinski definition) is 0. The first-order valence-electron chi connectivity index (χ1n) is 6.62. The zero-order valence-corrected chi connectivity index (χ0v) is 10.7. The smallest absolute Gasteiger partial charge is 0.289 e. The fourth-order valence-electron chi connectivity index (χ4n) is 2.32. The van der Waals surface area contributed by atoms with Crippen molar-refractivity contribution in [1.82, 2.24) is 14.5 Å². The summed E-state index contributed by atoms with van der Waals surface area (Å²) in [5.41, 5.74) is 0. The van der Waals surface area contributed by atoms with Gasteiger partial charge in [0, 0.05) is 39.1 Å². The number of amides is 1. The second kappa shape index (κ2) is 4.72. The Morgan fingerprint density at radius 2 is 2.33 bits per heavy atom. The molecule has 1 aromatic rings. The van der Waals surface area contributed by atoms with Crippen LogP contribution >= 0.6 is 0 Å². The predicted molar refractivity (Wildman–Crippen MR) is 66.2 cm³/mol. The number of ether oxygens (including phenoxy) is 1. The lowest BCUT2D eigenvalue weighted by molar-refractivity contribution is 0.0476. The van der Waals surface area contributed by atoms with E-state index in [0.29, 0.717) is 12.4 Å². The van der Waals surface area contributed by atoms with Gasteiger partial charge in [-0.05, 0) is 25.2 Å². The summed E-state index contributed by atoms with van der Waals surface area (Å²) in [6, 6.07) is 0. The molecule has 1 aliphatic heterocycles. The Kier molecular flexibility index (Phi) is 3.07. The molecule has 1 atom stereocenters. The maximum absolute atomic E-state index is 12.2. The molecular formula is C13H19N3O2. The number of aryl methyl sites for hydroxylation is 1. The molecule has 2 aliphatic rings. The first kappa shape index (κ1) is 11.7. The molecule has 3 rings (SSSR count). The van der Waals surface area contributed by atoms with E-state index >= 15 is 0 Å². The maximum Gasteiger partial charge on any atom is 0.289 e. The molecule has 2 heterocycles. The minimum Gasteiger partial charge on any atom is -0.376 e. The number of likely N-dealkylation sites (tertiary alicyclic amines) is 1. The third-order valence-corrected chi connectivity index (χ3v) is 3.71. The van der Waals surface area contributed by atoms with Crippen molar-refractivity contribution in [2.24, 2.45) is 13.0 Å². The average Bonchev–Trinajstić information content (AvgIpc) is 2.90. The second-order valence-corrected chi connectivity index (χ2v) is 5.30. The molecule has 0 bridgehead atoms. The first-order valence-corrected chi connectivity index (χ1v) is 6.62. The van der Waals surface area contributed by atoms with Gasteiger partial charge in [-0.25, -0.2) is 4.98 Å². The van der Waals surface area contributed by atoms with Gasteiger partial charge in [0.15, 0.2) is 5.82 Å². The van der Waals surface area contributed by atoms with Crippen molar-refractivity contribution < 1.29 is 9.53 Å². The molecule has 98 valence electrons.